The Morgan fingerprint density at radius 3 is 3.05 bits per heavy atom. The number of halogens is 1. The molecule has 2 rings (SSSR count). The number of thioether (sulfide) groups is 1. The summed E-state index contributed by atoms with van der Waals surface area (Å²) in [5, 5.41) is 1.06. The number of esters is 1. The maximum atomic E-state index is 11.8. The molecule has 2 N–H and O–H groups in total. The van der Waals surface area contributed by atoms with Gasteiger partial charge in [-0.05, 0) is 43.9 Å². The summed E-state index contributed by atoms with van der Waals surface area (Å²) < 4.78 is 4.82. The summed E-state index contributed by atoms with van der Waals surface area (Å²) in [7, 11) is 1.39. The van der Waals surface area contributed by atoms with Gasteiger partial charge in [-0.3, -0.25) is 4.79 Å². The molecule has 2 atom stereocenters. The molecule has 0 aromatic heterocycles. The van der Waals surface area contributed by atoms with Crippen LogP contribution in [0.1, 0.15) is 25.7 Å². The van der Waals surface area contributed by atoms with E-state index in [2.05, 4.69) is 0 Å². The van der Waals surface area contributed by atoms with E-state index >= 15 is 0 Å². The van der Waals surface area contributed by atoms with E-state index in [0.717, 1.165) is 22.8 Å². The van der Waals surface area contributed by atoms with Crippen LogP contribution in [0.15, 0.2) is 29.2 Å². The molecule has 1 fully saturated rings. The fourth-order valence-corrected chi connectivity index (χ4v) is 4.13. The van der Waals surface area contributed by atoms with Crippen molar-refractivity contribution in [2.24, 2.45) is 5.73 Å². The van der Waals surface area contributed by atoms with Crippen molar-refractivity contribution in [3.8, 4) is 0 Å². The van der Waals surface area contributed by atoms with Gasteiger partial charge in [0.2, 0.25) is 0 Å². The zero-order chi connectivity index (χ0) is 13.9. The zero-order valence-corrected chi connectivity index (χ0v) is 12.5. The van der Waals surface area contributed by atoms with Crippen LogP contribution in [0.2, 0.25) is 5.02 Å². The van der Waals surface area contributed by atoms with E-state index in [1.54, 1.807) is 11.8 Å². The molecule has 19 heavy (non-hydrogen) atoms. The molecule has 0 bridgehead atoms. The number of hydrogen-bond donors (Lipinski definition) is 1. The summed E-state index contributed by atoms with van der Waals surface area (Å²) in [6.45, 7) is 0. The Morgan fingerprint density at radius 2 is 2.37 bits per heavy atom. The van der Waals surface area contributed by atoms with Gasteiger partial charge in [-0.1, -0.05) is 17.7 Å². The van der Waals surface area contributed by atoms with Crippen molar-refractivity contribution in [1.29, 1.82) is 0 Å². The van der Waals surface area contributed by atoms with E-state index in [0.29, 0.717) is 18.1 Å². The highest BCUT2D eigenvalue weighted by Gasteiger charge is 2.40. The SMILES string of the molecule is COC(=O)C1(N)CCCC(Sc2cccc(Cl)c2)C1. The molecule has 0 spiro atoms. The normalized spacial score (nSPS) is 27.0. The minimum Gasteiger partial charge on any atom is -0.468 e. The third-order valence-electron chi connectivity index (χ3n) is 3.43. The van der Waals surface area contributed by atoms with Gasteiger partial charge >= 0.3 is 5.97 Å². The average molecular weight is 300 g/mol. The first-order chi connectivity index (χ1) is 9.03. The zero-order valence-electron chi connectivity index (χ0n) is 10.9. The first-order valence-corrected chi connectivity index (χ1v) is 7.59. The van der Waals surface area contributed by atoms with E-state index < -0.39 is 5.54 Å². The lowest BCUT2D eigenvalue weighted by atomic mass is 9.82. The average Bonchev–Trinajstić information content (AvgIpc) is 2.38. The standard InChI is InChI=1S/C14H18ClNO2S/c1-18-13(17)14(16)7-3-6-12(9-14)19-11-5-2-4-10(15)8-11/h2,4-5,8,12H,3,6-7,9,16H2,1H3. The quantitative estimate of drug-likeness (QED) is 0.871. The van der Waals surface area contributed by atoms with Crippen molar-refractivity contribution in [2.45, 2.75) is 41.4 Å². The molecule has 0 aliphatic heterocycles. The highest BCUT2D eigenvalue weighted by Crippen LogP contribution is 2.38. The van der Waals surface area contributed by atoms with Crippen molar-refractivity contribution in [3.05, 3.63) is 29.3 Å². The molecule has 0 radical (unpaired) electrons. The lowest BCUT2D eigenvalue weighted by Gasteiger charge is -2.35. The topological polar surface area (TPSA) is 52.3 Å². The number of rotatable bonds is 3. The van der Waals surface area contributed by atoms with Crippen LogP contribution in [0, 0.1) is 0 Å². The van der Waals surface area contributed by atoms with Crippen LogP contribution >= 0.6 is 23.4 Å². The number of nitrogens with two attached hydrogens (primary N) is 1. The molecule has 1 aromatic carbocycles. The Bertz CT molecular complexity index is 469. The Balaban J connectivity index is 2.04. The molecule has 104 valence electrons. The molecule has 2 unspecified atom stereocenters. The van der Waals surface area contributed by atoms with Crippen LogP contribution < -0.4 is 5.73 Å². The summed E-state index contributed by atoms with van der Waals surface area (Å²) in [5.74, 6) is -0.302. The van der Waals surface area contributed by atoms with Crippen molar-refractivity contribution in [2.75, 3.05) is 7.11 Å². The number of carbonyl (C=O) groups excluding carboxylic acids is 1. The summed E-state index contributed by atoms with van der Waals surface area (Å²) >= 11 is 7.72. The fourth-order valence-electron chi connectivity index (χ4n) is 2.48. The molecular weight excluding hydrogens is 282 g/mol. The Hall–Kier alpha value is -0.710. The van der Waals surface area contributed by atoms with Gasteiger partial charge < -0.3 is 10.5 Å². The number of carbonyl (C=O) groups is 1. The minimum atomic E-state index is -0.830. The van der Waals surface area contributed by atoms with Crippen molar-refractivity contribution >= 4 is 29.3 Å². The number of benzene rings is 1. The molecule has 1 saturated carbocycles. The number of ether oxygens (including phenoxy) is 1. The van der Waals surface area contributed by atoms with E-state index in [4.69, 9.17) is 22.1 Å². The van der Waals surface area contributed by atoms with E-state index in [1.165, 1.54) is 7.11 Å². The number of methoxy groups -OCH3 is 1. The summed E-state index contributed by atoms with van der Waals surface area (Å²) in [6, 6.07) is 7.76. The molecule has 1 aromatic rings. The lowest BCUT2D eigenvalue weighted by molar-refractivity contribution is -0.148. The molecule has 0 amide bonds. The minimum absolute atomic E-state index is 0.302. The molecule has 0 heterocycles. The van der Waals surface area contributed by atoms with Gasteiger partial charge in [0.25, 0.3) is 0 Å². The molecule has 3 nitrogen and oxygen atoms in total. The van der Waals surface area contributed by atoms with Gasteiger partial charge in [-0.25, -0.2) is 0 Å². The molecule has 0 saturated heterocycles. The second-order valence-electron chi connectivity index (χ2n) is 4.94. The summed E-state index contributed by atoms with van der Waals surface area (Å²) in [5.41, 5.74) is 5.34. The van der Waals surface area contributed by atoms with Crippen LogP contribution in [-0.4, -0.2) is 23.9 Å². The number of hydrogen-bond acceptors (Lipinski definition) is 4. The third-order valence-corrected chi connectivity index (χ3v) is 4.93. The van der Waals surface area contributed by atoms with Crippen LogP contribution in [0.4, 0.5) is 0 Å². The van der Waals surface area contributed by atoms with Crippen molar-refractivity contribution in [1.82, 2.24) is 0 Å². The smallest absolute Gasteiger partial charge is 0.325 e. The monoisotopic (exact) mass is 299 g/mol. The summed E-state index contributed by atoms with van der Waals surface area (Å²) in [6.07, 6.45) is 3.36. The highest BCUT2D eigenvalue weighted by atomic mass is 35.5. The van der Waals surface area contributed by atoms with Gasteiger partial charge in [-0.15, -0.1) is 11.8 Å². The van der Waals surface area contributed by atoms with Crippen LogP contribution in [0.5, 0.6) is 0 Å². The maximum Gasteiger partial charge on any atom is 0.325 e. The maximum absolute atomic E-state index is 11.8. The second kappa shape index (κ2) is 6.16. The van der Waals surface area contributed by atoms with Crippen molar-refractivity contribution in [3.63, 3.8) is 0 Å². The van der Waals surface area contributed by atoms with Gasteiger partial charge in [0.1, 0.15) is 5.54 Å². The first kappa shape index (κ1) is 14.7. The Labute approximate surface area is 122 Å². The molecule has 5 heteroatoms. The van der Waals surface area contributed by atoms with E-state index in [9.17, 15) is 4.79 Å². The van der Waals surface area contributed by atoms with Gasteiger partial charge in [0.05, 0.1) is 7.11 Å². The predicted octanol–water partition coefficient (Wildman–Crippen LogP) is 3.25. The first-order valence-electron chi connectivity index (χ1n) is 6.33. The van der Waals surface area contributed by atoms with E-state index in [1.807, 2.05) is 24.3 Å². The molecule has 1 aliphatic rings. The Morgan fingerprint density at radius 1 is 1.58 bits per heavy atom. The molecular formula is C14H18ClNO2S. The third kappa shape index (κ3) is 3.65. The van der Waals surface area contributed by atoms with Gasteiger partial charge in [0.15, 0.2) is 0 Å². The van der Waals surface area contributed by atoms with Crippen molar-refractivity contribution < 1.29 is 9.53 Å². The lowest BCUT2D eigenvalue weighted by Crippen LogP contribution is -2.52. The van der Waals surface area contributed by atoms with Crippen LogP contribution in [-0.2, 0) is 9.53 Å². The fraction of sp³-hybridized carbons (Fsp3) is 0.500. The van der Waals surface area contributed by atoms with Gasteiger partial charge in [0, 0.05) is 15.2 Å². The second-order valence-corrected chi connectivity index (χ2v) is 6.75. The summed E-state index contributed by atoms with van der Waals surface area (Å²) in [4.78, 5) is 12.9. The van der Waals surface area contributed by atoms with E-state index in [-0.39, 0.29) is 5.97 Å². The largest absolute Gasteiger partial charge is 0.468 e. The molecule has 1 aliphatic carbocycles. The van der Waals surface area contributed by atoms with Crippen LogP contribution in [0.3, 0.4) is 0 Å². The predicted molar refractivity (Wildman–Crippen MR) is 78.5 cm³/mol. The highest BCUT2D eigenvalue weighted by molar-refractivity contribution is 8.00. The Kier molecular flexibility index (Phi) is 4.76. The van der Waals surface area contributed by atoms with Crippen LogP contribution in [0.25, 0.3) is 0 Å². The van der Waals surface area contributed by atoms with Gasteiger partial charge in [-0.2, -0.15) is 0 Å².